The van der Waals surface area contributed by atoms with E-state index >= 15 is 0 Å². The molecule has 0 saturated heterocycles. The highest BCUT2D eigenvalue weighted by Crippen LogP contribution is 2.21. The fourth-order valence-corrected chi connectivity index (χ4v) is 1.71. The third kappa shape index (κ3) is 3.38. The van der Waals surface area contributed by atoms with Crippen LogP contribution in [0.15, 0.2) is 24.4 Å². The summed E-state index contributed by atoms with van der Waals surface area (Å²) in [4.78, 5) is 7.16. The van der Waals surface area contributed by atoms with Crippen LogP contribution in [0.1, 0.15) is 26.1 Å². The molecule has 0 aliphatic heterocycles. The minimum absolute atomic E-state index is 0.197. The lowest BCUT2D eigenvalue weighted by Gasteiger charge is -2.09. The molecule has 0 bridgehead atoms. The zero-order valence-electron chi connectivity index (χ0n) is 11.0. The van der Waals surface area contributed by atoms with Crippen molar-refractivity contribution >= 4 is 0 Å². The normalized spacial score (nSPS) is 12.6. The zero-order chi connectivity index (χ0) is 13.8. The SMILES string of the molecule is CCC(C)NCc1ncc(-c2cc(F)ccc2F)[nH]1. The summed E-state index contributed by atoms with van der Waals surface area (Å²) in [6.07, 6.45) is 2.54. The predicted molar refractivity (Wildman–Crippen MR) is 70.5 cm³/mol. The third-order valence-electron chi connectivity index (χ3n) is 3.08. The van der Waals surface area contributed by atoms with Crippen molar-refractivity contribution in [1.82, 2.24) is 15.3 Å². The molecule has 3 nitrogen and oxygen atoms in total. The monoisotopic (exact) mass is 265 g/mol. The summed E-state index contributed by atoms with van der Waals surface area (Å²) in [5, 5.41) is 3.28. The van der Waals surface area contributed by atoms with E-state index in [9.17, 15) is 8.78 Å². The Morgan fingerprint density at radius 2 is 2.16 bits per heavy atom. The van der Waals surface area contributed by atoms with E-state index < -0.39 is 11.6 Å². The summed E-state index contributed by atoms with van der Waals surface area (Å²) in [5.74, 6) is -0.226. The Hall–Kier alpha value is -1.75. The molecule has 1 aromatic heterocycles. The first-order valence-corrected chi connectivity index (χ1v) is 6.32. The van der Waals surface area contributed by atoms with E-state index in [2.05, 4.69) is 29.1 Å². The molecule has 1 heterocycles. The molecule has 1 unspecified atom stereocenters. The molecule has 19 heavy (non-hydrogen) atoms. The van der Waals surface area contributed by atoms with Crippen molar-refractivity contribution in [2.75, 3.05) is 0 Å². The number of hydrogen-bond donors (Lipinski definition) is 2. The molecule has 1 atom stereocenters. The van der Waals surface area contributed by atoms with Crippen LogP contribution in [0.25, 0.3) is 11.3 Å². The number of nitrogens with zero attached hydrogens (tertiary/aromatic N) is 1. The molecular formula is C14H17F2N3. The summed E-state index contributed by atoms with van der Waals surface area (Å²) >= 11 is 0. The Kier molecular flexibility index (Phi) is 4.27. The second-order valence-electron chi connectivity index (χ2n) is 4.56. The number of aromatic amines is 1. The topological polar surface area (TPSA) is 40.7 Å². The van der Waals surface area contributed by atoms with Crippen molar-refractivity contribution in [1.29, 1.82) is 0 Å². The number of aromatic nitrogens is 2. The van der Waals surface area contributed by atoms with Gasteiger partial charge in [0.15, 0.2) is 0 Å². The number of hydrogen-bond acceptors (Lipinski definition) is 2. The number of nitrogens with one attached hydrogen (secondary N) is 2. The highest BCUT2D eigenvalue weighted by atomic mass is 19.1. The Labute approximate surface area is 111 Å². The number of rotatable bonds is 5. The maximum atomic E-state index is 13.6. The van der Waals surface area contributed by atoms with Crippen LogP contribution in [0, 0.1) is 11.6 Å². The highest BCUT2D eigenvalue weighted by molar-refractivity contribution is 5.59. The Morgan fingerprint density at radius 3 is 2.89 bits per heavy atom. The van der Waals surface area contributed by atoms with Crippen molar-refractivity contribution in [2.45, 2.75) is 32.9 Å². The second kappa shape index (κ2) is 5.93. The van der Waals surface area contributed by atoms with Crippen LogP contribution in [0.4, 0.5) is 8.78 Å². The molecule has 0 aliphatic carbocycles. The van der Waals surface area contributed by atoms with Gasteiger partial charge in [0.05, 0.1) is 18.4 Å². The second-order valence-corrected chi connectivity index (χ2v) is 4.56. The van der Waals surface area contributed by atoms with Crippen molar-refractivity contribution in [2.24, 2.45) is 0 Å². The van der Waals surface area contributed by atoms with Gasteiger partial charge in [0.25, 0.3) is 0 Å². The lowest BCUT2D eigenvalue weighted by Crippen LogP contribution is -2.24. The van der Waals surface area contributed by atoms with E-state index in [1.54, 1.807) is 0 Å². The summed E-state index contributed by atoms with van der Waals surface area (Å²) in [6.45, 7) is 4.75. The van der Waals surface area contributed by atoms with Crippen LogP contribution in [0.5, 0.6) is 0 Å². The zero-order valence-corrected chi connectivity index (χ0v) is 11.0. The van der Waals surface area contributed by atoms with Crippen LogP contribution < -0.4 is 5.32 Å². The molecule has 0 spiro atoms. The van der Waals surface area contributed by atoms with Gasteiger partial charge in [0, 0.05) is 11.6 Å². The van der Waals surface area contributed by atoms with Gasteiger partial charge in [-0.05, 0) is 31.5 Å². The van der Waals surface area contributed by atoms with Crippen molar-refractivity contribution < 1.29 is 8.78 Å². The first kappa shape index (κ1) is 13.7. The molecular weight excluding hydrogens is 248 g/mol. The van der Waals surface area contributed by atoms with Gasteiger partial charge in [-0.25, -0.2) is 13.8 Å². The summed E-state index contributed by atoms with van der Waals surface area (Å²) in [5.41, 5.74) is 0.681. The minimum Gasteiger partial charge on any atom is -0.341 e. The Bertz CT molecular complexity index is 551. The number of halogens is 2. The molecule has 2 aromatic rings. The standard InChI is InChI=1S/C14H17F2N3/c1-3-9(2)17-8-14-18-7-13(19-14)11-6-10(15)4-5-12(11)16/h4-7,9,17H,3,8H2,1-2H3,(H,18,19). The molecule has 2 N–H and O–H groups in total. The highest BCUT2D eigenvalue weighted by Gasteiger charge is 2.10. The van der Waals surface area contributed by atoms with Crippen LogP contribution in [0.3, 0.4) is 0 Å². The van der Waals surface area contributed by atoms with E-state index in [-0.39, 0.29) is 5.56 Å². The lowest BCUT2D eigenvalue weighted by atomic mass is 10.1. The van der Waals surface area contributed by atoms with Crippen LogP contribution in [0.2, 0.25) is 0 Å². The van der Waals surface area contributed by atoms with Gasteiger partial charge in [-0.15, -0.1) is 0 Å². The van der Waals surface area contributed by atoms with Gasteiger partial charge >= 0.3 is 0 Å². The first-order chi connectivity index (χ1) is 9.10. The lowest BCUT2D eigenvalue weighted by molar-refractivity contribution is 0.525. The fourth-order valence-electron chi connectivity index (χ4n) is 1.71. The van der Waals surface area contributed by atoms with Crippen LogP contribution in [-0.2, 0) is 6.54 Å². The molecule has 0 amide bonds. The first-order valence-electron chi connectivity index (χ1n) is 6.32. The predicted octanol–water partition coefficient (Wildman–Crippen LogP) is 3.24. The van der Waals surface area contributed by atoms with E-state index in [1.165, 1.54) is 6.20 Å². The summed E-state index contributed by atoms with van der Waals surface area (Å²) in [7, 11) is 0. The molecule has 0 radical (unpaired) electrons. The maximum absolute atomic E-state index is 13.6. The number of H-pyrrole nitrogens is 1. The van der Waals surface area contributed by atoms with Gasteiger partial charge in [-0.1, -0.05) is 6.92 Å². The smallest absolute Gasteiger partial charge is 0.132 e. The Balaban J connectivity index is 2.14. The maximum Gasteiger partial charge on any atom is 0.132 e. The number of benzene rings is 1. The van der Waals surface area contributed by atoms with Crippen molar-refractivity contribution in [3.63, 3.8) is 0 Å². The Morgan fingerprint density at radius 1 is 1.37 bits per heavy atom. The van der Waals surface area contributed by atoms with Gasteiger partial charge in [0.2, 0.25) is 0 Å². The van der Waals surface area contributed by atoms with Gasteiger partial charge in [-0.2, -0.15) is 0 Å². The van der Waals surface area contributed by atoms with Crippen molar-refractivity contribution in [3.05, 3.63) is 41.9 Å². The van der Waals surface area contributed by atoms with E-state index in [0.717, 1.165) is 24.6 Å². The molecule has 0 aliphatic rings. The largest absolute Gasteiger partial charge is 0.341 e. The van der Waals surface area contributed by atoms with Crippen LogP contribution in [-0.4, -0.2) is 16.0 Å². The molecule has 0 fully saturated rings. The number of imidazole rings is 1. The fraction of sp³-hybridized carbons (Fsp3) is 0.357. The molecule has 5 heteroatoms. The van der Waals surface area contributed by atoms with Gasteiger partial charge in [-0.3, -0.25) is 0 Å². The molecule has 1 aromatic carbocycles. The quantitative estimate of drug-likeness (QED) is 0.871. The third-order valence-corrected chi connectivity index (χ3v) is 3.08. The van der Waals surface area contributed by atoms with E-state index in [1.807, 2.05) is 0 Å². The summed E-state index contributed by atoms with van der Waals surface area (Å²) < 4.78 is 26.7. The van der Waals surface area contributed by atoms with E-state index in [0.29, 0.717) is 24.1 Å². The average molecular weight is 265 g/mol. The molecule has 102 valence electrons. The average Bonchev–Trinajstić information content (AvgIpc) is 2.87. The van der Waals surface area contributed by atoms with Crippen molar-refractivity contribution in [3.8, 4) is 11.3 Å². The minimum atomic E-state index is -0.467. The van der Waals surface area contributed by atoms with E-state index in [4.69, 9.17) is 0 Å². The molecule has 2 rings (SSSR count). The van der Waals surface area contributed by atoms with Crippen LogP contribution >= 0.6 is 0 Å². The summed E-state index contributed by atoms with van der Waals surface area (Å²) in [6, 6.07) is 3.76. The molecule has 0 saturated carbocycles. The van der Waals surface area contributed by atoms with Gasteiger partial charge in [0.1, 0.15) is 17.5 Å². The van der Waals surface area contributed by atoms with Gasteiger partial charge < -0.3 is 10.3 Å².